The van der Waals surface area contributed by atoms with Gasteiger partial charge in [-0.05, 0) is 0 Å². The average molecular weight is 707 g/mol. The quantitative estimate of drug-likeness (QED) is 0.240. The van der Waals surface area contributed by atoms with Crippen molar-refractivity contribution in [1.82, 2.24) is 0 Å². The predicted molar refractivity (Wildman–Crippen MR) is 195 cm³/mol. The first-order valence-electron chi connectivity index (χ1n) is 16.2. The zero-order valence-corrected chi connectivity index (χ0v) is 34.6. The van der Waals surface area contributed by atoms with Crippen LogP contribution in [0.5, 0.6) is 0 Å². The van der Waals surface area contributed by atoms with Gasteiger partial charge in [0.05, 0.1) is 0 Å². The van der Waals surface area contributed by atoms with E-state index in [-0.39, 0.29) is 24.8 Å². The van der Waals surface area contributed by atoms with Crippen LogP contribution in [0.25, 0.3) is 12.2 Å². The Morgan fingerprint density at radius 1 is 0.500 bits per heavy atom. The molecule has 234 valence electrons. The summed E-state index contributed by atoms with van der Waals surface area (Å²) in [7, 11) is 0. The van der Waals surface area contributed by atoms with E-state index in [0.29, 0.717) is 42.8 Å². The fraction of sp³-hybridized carbons (Fsp3) is 0.579. The van der Waals surface area contributed by atoms with Crippen molar-refractivity contribution in [2.75, 3.05) is 0 Å². The first-order chi connectivity index (χ1) is 18.4. The van der Waals surface area contributed by atoms with Crippen molar-refractivity contribution in [3.8, 4) is 0 Å². The largest absolute Gasteiger partial charge is 0.147 e. The molecule has 2 aromatic rings. The monoisotopic (exact) mass is 704 g/mol. The van der Waals surface area contributed by atoms with E-state index in [1.807, 2.05) is 0 Å². The van der Waals surface area contributed by atoms with E-state index in [0.717, 1.165) is 0 Å². The zero-order chi connectivity index (χ0) is 30.1. The van der Waals surface area contributed by atoms with Crippen LogP contribution in [0.4, 0.5) is 0 Å². The van der Waals surface area contributed by atoms with Crippen molar-refractivity contribution in [3.05, 3.63) is 79.9 Å². The van der Waals surface area contributed by atoms with Crippen LogP contribution < -0.4 is 0 Å². The van der Waals surface area contributed by atoms with Gasteiger partial charge in [-0.2, -0.15) is 0 Å². The molecule has 0 fully saturated rings. The molecule has 0 saturated heterocycles. The second-order valence-corrected chi connectivity index (χ2v) is 46.7. The fourth-order valence-corrected chi connectivity index (χ4v) is 27.9. The van der Waals surface area contributed by atoms with Crippen molar-refractivity contribution in [2.45, 2.75) is 123 Å². The van der Waals surface area contributed by atoms with Crippen LogP contribution >= 0.6 is 24.8 Å². The molecule has 2 unspecified atom stereocenters. The van der Waals surface area contributed by atoms with Gasteiger partial charge in [-0.25, -0.2) is 0 Å². The molecule has 0 amide bonds. The Kier molecular flexibility index (Phi) is 11.8. The van der Waals surface area contributed by atoms with Crippen LogP contribution in [-0.4, -0.2) is 6.88 Å². The van der Waals surface area contributed by atoms with E-state index < -0.39 is 17.4 Å². The molecule has 4 heteroatoms. The molecule has 2 aliphatic rings. The summed E-state index contributed by atoms with van der Waals surface area (Å²) in [6.45, 7) is 31.4. The van der Waals surface area contributed by atoms with Crippen LogP contribution in [0.15, 0.2) is 35.4 Å². The molecule has 0 N–H and O–H groups in total. The van der Waals surface area contributed by atoms with Gasteiger partial charge < -0.3 is 0 Å². The van der Waals surface area contributed by atoms with Crippen molar-refractivity contribution in [2.24, 2.45) is 11.8 Å². The minimum Gasteiger partial charge on any atom is -0.147 e. The standard InChI is InChI=1S/2C18H25.2CH3.2ClH.H2Si.Zr/c2*1-11(2)14-7-16-8-15(12(3)4)10-18(16)17(9-14)13(5)6;;;;;;/h2*7-13H,1-6H3;2*1H3;2*1H;1H2;. The number of hydrogen-bond acceptors (Lipinski definition) is 0. The number of benzene rings is 2. The van der Waals surface area contributed by atoms with Gasteiger partial charge in [0.2, 0.25) is 0 Å². The second kappa shape index (κ2) is 13.1. The molecule has 0 bridgehead atoms. The fourth-order valence-electron chi connectivity index (χ4n) is 8.02. The number of allylic oxidation sites excluding steroid dienone is 2. The van der Waals surface area contributed by atoms with Crippen molar-refractivity contribution < 1.29 is 17.4 Å². The average Bonchev–Trinajstić information content (AvgIpc) is 3.42. The van der Waals surface area contributed by atoms with Crippen molar-refractivity contribution >= 4 is 43.8 Å². The van der Waals surface area contributed by atoms with Gasteiger partial charge in [-0.15, -0.1) is 24.8 Å². The summed E-state index contributed by atoms with van der Waals surface area (Å²) in [5.41, 5.74) is 16.1. The molecule has 0 aliphatic heterocycles. The van der Waals surface area contributed by atoms with Crippen molar-refractivity contribution in [3.63, 3.8) is 0 Å². The Morgan fingerprint density at radius 3 is 1.05 bits per heavy atom. The minimum absolute atomic E-state index is 0. The molecular formula is C38H60Cl2SiZr. The van der Waals surface area contributed by atoms with E-state index in [4.69, 9.17) is 0 Å². The summed E-state index contributed by atoms with van der Waals surface area (Å²) < 4.78 is 6.82. The molecule has 42 heavy (non-hydrogen) atoms. The van der Waals surface area contributed by atoms with Crippen LogP contribution in [0.2, 0.25) is 9.26 Å². The van der Waals surface area contributed by atoms with E-state index >= 15 is 0 Å². The maximum atomic E-state index is 2.83. The molecule has 2 aliphatic carbocycles. The molecule has 0 nitrogen and oxygen atoms in total. The molecular weight excluding hydrogens is 647 g/mol. The SMILES string of the molecule is CC(C)C1=Cc2c(C(C)C)cc(C(C)C)cc2[CH]1[Zr]([CH3])([CH3])(=[SiH2])[CH]1C(C(C)C)=Cc2c(C(C)C)cc(C(C)C)cc21.Cl.Cl. The Labute approximate surface area is 274 Å². The van der Waals surface area contributed by atoms with E-state index in [2.05, 4.69) is 136 Å². The minimum atomic E-state index is -3.67. The van der Waals surface area contributed by atoms with Crippen LogP contribution in [0.3, 0.4) is 0 Å². The predicted octanol–water partition coefficient (Wildman–Crippen LogP) is 12.2. The number of fused-ring (bicyclic) bond motifs is 2. The number of halogens is 2. The Morgan fingerprint density at radius 2 is 0.810 bits per heavy atom. The first kappa shape index (κ1) is 37.8. The first-order valence-corrected chi connectivity index (χ1v) is 29.9. The summed E-state index contributed by atoms with van der Waals surface area (Å²) in [4.78, 5) is 0. The Bertz CT molecular complexity index is 1340. The third kappa shape index (κ3) is 6.46. The van der Waals surface area contributed by atoms with Crippen molar-refractivity contribution in [1.29, 1.82) is 0 Å². The maximum Gasteiger partial charge on any atom is -0.147 e. The van der Waals surface area contributed by atoms with Gasteiger partial charge in [0.15, 0.2) is 0 Å². The summed E-state index contributed by atoms with van der Waals surface area (Å²) in [5.74, 6) is 3.26. The van der Waals surface area contributed by atoms with Crippen LogP contribution in [-0.2, 0) is 17.4 Å². The molecule has 2 aromatic carbocycles. The smallest absolute Gasteiger partial charge is 0.147 e. The Hall–Kier alpha value is -0.400. The number of hydrogen-bond donors (Lipinski definition) is 0. The van der Waals surface area contributed by atoms with Crippen LogP contribution in [0.1, 0.15) is 159 Å². The van der Waals surface area contributed by atoms with Crippen LogP contribution in [0, 0.1) is 11.8 Å². The summed E-state index contributed by atoms with van der Waals surface area (Å²) in [6.07, 6.45) is 5.33. The van der Waals surface area contributed by atoms with E-state index in [9.17, 15) is 0 Å². The molecule has 2 atom stereocenters. The second-order valence-electron chi connectivity index (χ2n) is 16.2. The molecule has 0 saturated carbocycles. The maximum absolute atomic E-state index is 3.67. The van der Waals surface area contributed by atoms with Gasteiger partial charge in [-0.3, -0.25) is 0 Å². The molecule has 0 spiro atoms. The summed E-state index contributed by atoms with van der Waals surface area (Å²) in [5, 5.41) is 0. The van der Waals surface area contributed by atoms with Gasteiger partial charge >= 0.3 is 251 Å². The Balaban J connectivity index is 0.00000308. The number of rotatable bonds is 8. The van der Waals surface area contributed by atoms with Gasteiger partial charge in [0, 0.05) is 0 Å². The van der Waals surface area contributed by atoms with Gasteiger partial charge in [0.1, 0.15) is 0 Å². The third-order valence-electron chi connectivity index (χ3n) is 10.3. The summed E-state index contributed by atoms with van der Waals surface area (Å²) in [6, 6.07) is 10.4. The molecule has 0 heterocycles. The third-order valence-corrected chi connectivity index (χ3v) is 27.6. The van der Waals surface area contributed by atoms with E-state index in [1.165, 1.54) is 11.1 Å². The molecule has 0 radical (unpaired) electrons. The topological polar surface area (TPSA) is 0 Å². The van der Waals surface area contributed by atoms with Gasteiger partial charge in [-0.1, -0.05) is 0 Å². The van der Waals surface area contributed by atoms with Gasteiger partial charge in [0.25, 0.3) is 0 Å². The zero-order valence-electron chi connectivity index (χ0n) is 29.1. The molecule has 4 rings (SSSR count). The molecule has 0 aromatic heterocycles. The normalized spacial score (nSPS) is 18.5. The van der Waals surface area contributed by atoms with E-state index in [1.54, 1.807) is 44.5 Å². The summed E-state index contributed by atoms with van der Waals surface area (Å²) >= 11 is -3.67.